The lowest BCUT2D eigenvalue weighted by Crippen LogP contribution is -2.39. The number of carbonyl (C=O) groups is 2. The summed E-state index contributed by atoms with van der Waals surface area (Å²) in [7, 11) is 0. The molecule has 2 rings (SSSR count). The highest BCUT2D eigenvalue weighted by Gasteiger charge is 2.16. The number of hydrogen-bond acceptors (Lipinski definition) is 5. The first-order valence-corrected chi connectivity index (χ1v) is 7.28. The van der Waals surface area contributed by atoms with Crippen LogP contribution in [0.15, 0.2) is 47.2 Å². The second-order valence-electron chi connectivity index (χ2n) is 4.82. The van der Waals surface area contributed by atoms with Crippen LogP contribution < -0.4 is 5.32 Å². The van der Waals surface area contributed by atoms with Crippen LogP contribution in [-0.2, 0) is 20.9 Å². The van der Waals surface area contributed by atoms with E-state index in [1.54, 1.807) is 6.92 Å². The van der Waals surface area contributed by atoms with Crippen molar-refractivity contribution in [2.24, 2.45) is 0 Å². The quantitative estimate of drug-likeness (QED) is 0.800. The van der Waals surface area contributed by atoms with Gasteiger partial charge in [-0.25, -0.2) is 0 Å². The average molecular weight is 317 g/mol. The van der Waals surface area contributed by atoms with Gasteiger partial charge in [-0.1, -0.05) is 35.5 Å². The van der Waals surface area contributed by atoms with E-state index < -0.39 is 0 Å². The number of benzene rings is 1. The Morgan fingerprint density at radius 3 is 2.70 bits per heavy atom. The number of nitrogens with one attached hydrogen (secondary N) is 1. The normalized spacial score (nSPS) is 10.3. The number of anilines is 1. The third-order valence-electron chi connectivity index (χ3n) is 3.11. The van der Waals surface area contributed by atoms with E-state index in [-0.39, 0.29) is 25.0 Å². The molecule has 0 radical (unpaired) electrons. The lowest BCUT2D eigenvalue weighted by atomic mass is 10.2. The van der Waals surface area contributed by atoms with Gasteiger partial charge in [-0.15, -0.1) is 0 Å². The monoisotopic (exact) mass is 317 g/mol. The average Bonchev–Trinajstić information content (AvgIpc) is 3.06. The topological polar surface area (TPSA) is 84.7 Å². The minimum atomic E-state index is -0.336. The van der Waals surface area contributed by atoms with E-state index in [1.165, 1.54) is 17.2 Å². The first-order valence-electron chi connectivity index (χ1n) is 7.28. The maximum atomic E-state index is 12.1. The maximum Gasteiger partial charge on any atom is 0.249 e. The summed E-state index contributed by atoms with van der Waals surface area (Å²) >= 11 is 0. The molecule has 0 saturated carbocycles. The zero-order valence-electron chi connectivity index (χ0n) is 12.9. The predicted octanol–water partition coefficient (Wildman–Crippen LogP) is 1.68. The number of amides is 2. The molecule has 7 heteroatoms. The number of aromatic nitrogens is 1. The van der Waals surface area contributed by atoms with Gasteiger partial charge in [0.2, 0.25) is 11.8 Å². The molecule has 0 aliphatic carbocycles. The molecular formula is C16H19N3O4. The highest BCUT2D eigenvalue weighted by atomic mass is 16.5. The van der Waals surface area contributed by atoms with Gasteiger partial charge >= 0.3 is 0 Å². The molecule has 0 unspecified atom stereocenters. The van der Waals surface area contributed by atoms with Crippen molar-refractivity contribution in [2.45, 2.75) is 13.5 Å². The molecular weight excluding hydrogens is 298 g/mol. The zero-order chi connectivity index (χ0) is 16.5. The van der Waals surface area contributed by atoms with Crippen molar-refractivity contribution in [1.82, 2.24) is 10.1 Å². The summed E-state index contributed by atoms with van der Waals surface area (Å²) < 4.78 is 10.0. The van der Waals surface area contributed by atoms with Crippen molar-refractivity contribution in [3.8, 4) is 0 Å². The Balaban J connectivity index is 1.75. The van der Waals surface area contributed by atoms with Crippen LogP contribution in [0.3, 0.4) is 0 Å². The van der Waals surface area contributed by atoms with E-state index in [1.807, 2.05) is 30.3 Å². The first-order chi connectivity index (χ1) is 11.2. The summed E-state index contributed by atoms with van der Waals surface area (Å²) in [6, 6.07) is 11.1. The Hall–Kier alpha value is -2.67. The highest BCUT2D eigenvalue weighted by Crippen LogP contribution is 2.03. The van der Waals surface area contributed by atoms with E-state index in [4.69, 9.17) is 4.74 Å². The molecule has 0 aliphatic rings. The van der Waals surface area contributed by atoms with Crippen LogP contribution in [0, 0.1) is 0 Å². The van der Waals surface area contributed by atoms with Crippen molar-refractivity contribution in [2.75, 3.05) is 25.0 Å². The van der Waals surface area contributed by atoms with Gasteiger partial charge in [-0.05, 0) is 12.5 Å². The Morgan fingerprint density at radius 2 is 2.04 bits per heavy atom. The number of hydrogen-bond donors (Lipinski definition) is 1. The van der Waals surface area contributed by atoms with Crippen molar-refractivity contribution in [3.63, 3.8) is 0 Å². The zero-order valence-corrected chi connectivity index (χ0v) is 12.9. The number of ether oxygens (including phenoxy) is 1. The molecule has 1 aromatic carbocycles. The highest BCUT2D eigenvalue weighted by molar-refractivity contribution is 5.93. The number of rotatable bonds is 8. The molecule has 0 bridgehead atoms. The van der Waals surface area contributed by atoms with Gasteiger partial charge in [0.25, 0.3) is 0 Å². The van der Waals surface area contributed by atoms with Gasteiger partial charge in [0.05, 0.1) is 13.2 Å². The minimum absolute atomic E-state index is 0.0586. The SMILES string of the molecule is CCN(CC(=O)Nc1ccon1)C(=O)COCc1ccccc1. The molecule has 7 nitrogen and oxygen atoms in total. The number of carbonyl (C=O) groups excluding carboxylic acids is 2. The van der Waals surface area contributed by atoms with Crippen LogP contribution in [-0.4, -0.2) is 41.6 Å². The van der Waals surface area contributed by atoms with Gasteiger partial charge in [0, 0.05) is 12.6 Å². The predicted molar refractivity (Wildman–Crippen MR) is 83.5 cm³/mol. The molecule has 0 aliphatic heterocycles. The fraction of sp³-hybridized carbons (Fsp3) is 0.312. The van der Waals surface area contributed by atoms with Gasteiger partial charge in [-0.3, -0.25) is 9.59 Å². The van der Waals surface area contributed by atoms with E-state index in [0.717, 1.165) is 5.56 Å². The molecule has 0 saturated heterocycles. The molecule has 2 amide bonds. The molecule has 23 heavy (non-hydrogen) atoms. The van der Waals surface area contributed by atoms with Gasteiger partial charge in [0.1, 0.15) is 12.9 Å². The molecule has 0 spiro atoms. The van der Waals surface area contributed by atoms with Crippen LogP contribution >= 0.6 is 0 Å². The van der Waals surface area contributed by atoms with Crippen molar-refractivity contribution in [3.05, 3.63) is 48.2 Å². The second-order valence-corrected chi connectivity index (χ2v) is 4.82. The van der Waals surface area contributed by atoms with Crippen LogP contribution in [0.1, 0.15) is 12.5 Å². The Kier molecular flexibility index (Phi) is 6.31. The molecule has 0 fully saturated rings. The summed E-state index contributed by atoms with van der Waals surface area (Å²) in [5.74, 6) is -0.255. The molecule has 1 aromatic heterocycles. The summed E-state index contributed by atoms with van der Waals surface area (Å²) in [6.45, 7) is 2.45. The van der Waals surface area contributed by atoms with Gasteiger partial charge in [0.15, 0.2) is 5.82 Å². The summed E-state index contributed by atoms with van der Waals surface area (Å²) in [5.41, 5.74) is 0.993. The van der Waals surface area contributed by atoms with Crippen molar-refractivity contribution >= 4 is 17.6 Å². The van der Waals surface area contributed by atoms with Crippen molar-refractivity contribution in [1.29, 1.82) is 0 Å². The van der Waals surface area contributed by atoms with Crippen LogP contribution in [0.2, 0.25) is 0 Å². The van der Waals surface area contributed by atoms with Crippen LogP contribution in [0.4, 0.5) is 5.82 Å². The minimum Gasteiger partial charge on any atom is -0.367 e. The molecule has 122 valence electrons. The standard InChI is InChI=1S/C16H19N3O4/c1-2-19(10-15(20)17-14-8-9-23-18-14)16(21)12-22-11-13-6-4-3-5-7-13/h3-9H,2,10-12H2,1H3,(H,17,18,20). The summed E-state index contributed by atoms with van der Waals surface area (Å²) in [4.78, 5) is 25.4. The fourth-order valence-corrected chi connectivity index (χ4v) is 1.93. The lowest BCUT2D eigenvalue weighted by molar-refractivity contribution is -0.139. The summed E-state index contributed by atoms with van der Waals surface area (Å²) in [5, 5.41) is 6.13. The Labute approximate surface area is 134 Å². The van der Waals surface area contributed by atoms with E-state index in [9.17, 15) is 9.59 Å². The van der Waals surface area contributed by atoms with Crippen LogP contribution in [0.25, 0.3) is 0 Å². The summed E-state index contributed by atoms with van der Waals surface area (Å²) in [6.07, 6.45) is 1.36. The number of nitrogens with zero attached hydrogens (tertiary/aromatic N) is 2. The number of likely N-dealkylation sites (N-methyl/N-ethyl adjacent to an activating group) is 1. The molecule has 1 heterocycles. The first kappa shape index (κ1) is 16.7. The van der Waals surface area contributed by atoms with E-state index >= 15 is 0 Å². The molecule has 2 aromatic rings. The molecule has 0 atom stereocenters. The Bertz CT molecular complexity index is 614. The van der Waals surface area contributed by atoms with Gasteiger partial charge < -0.3 is 19.5 Å². The van der Waals surface area contributed by atoms with Crippen molar-refractivity contribution < 1.29 is 18.8 Å². The van der Waals surface area contributed by atoms with Gasteiger partial charge in [-0.2, -0.15) is 0 Å². The van der Waals surface area contributed by atoms with Crippen LogP contribution in [0.5, 0.6) is 0 Å². The third-order valence-corrected chi connectivity index (χ3v) is 3.11. The fourth-order valence-electron chi connectivity index (χ4n) is 1.93. The van der Waals surface area contributed by atoms with E-state index in [2.05, 4.69) is 15.0 Å². The lowest BCUT2D eigenvalue weighted by Gasteiger charge is -2.20. The third kappa shape index (κ3) is 5.55. The second kappa shape index (κ2) is 8.70. The Morgan fingerprint density at radius 1 is 1.26 bits per heavy atom. The molecule has 1 N–H and O–H groups in total. The maximum absolute atomic E-state index is 12.1. The van der Waals surface area contributed by atoms with E-state index in [0.29, 0.717) is 19.0 Å². The smallest absolute Gasteiger partial charge is 0.249 e. The largest absolute Gasteiger partial charge is 0.367 e.